The quantitative estimate of drug-likeness (QED) is 0.368. The molecule has 1 saturated carbocycles. The summed E-state index contributed by atoms with van der Waals surface area (Å²) < 4.78 is 0. The summed E-state index contributed by atoms with van der Waals surface area (Å²) in [6.45, 7) is 0. The van der Waals surface area contributed by atoms with Gasteiger partial charge in [0.25, 0.3) is 0 Å². The fraction of sp³-hybridized carbons (Fsp3) is 1.00. The number of hydrogen-bond donors (Lipinski definition) is 0. The van der Waals surface area contributed by atoms with Crippen LogP contribution in [0.25, 0.3) is 0 Å². The normalized spacial score (nSPS) is 32.8. The molecule has 0 atom stereocenters. The lowest BCUT2D eigenvalue weighted by molar-refractivity contribution is 0.352. The first-order valence-corrected chi connectivity index (χ1v) is 4.59. The summed E-state index contributed by atoms with van der Waals surface area (Å²) in [5.74, 6) is 0. The number of hydrogen-bond acceptors (Lipinski definition) is 0. The van der Waals surface area contributed by atoms with Gasteiger partial charge in [0.2, 0.25) is 0 Å². The Morgan fingerprint density at radius 3 is 0.938 bits per heavy atom. The summed E-state index contributed by atoms with van der Waals surface area (Å²) in [5.41, 5.74) is 0. The molecular weight excluding hydrogens is 180 g/mol. The van der Waals surface area contributed by atoms with Crippen LogP contribution in [-0.2, 0) is 0 Å². The highest BCUT2D eigenvalue weighted by atomic mass is 14.5. The molecule has 1 aliphatic carbocycles. The van der Waals surface area contributed by atoms with Crippen molar-refractivity contribution in [2.45, 2.75) is 32.5 Å². The maximum atomic E-state index is 5.74. The van der Waals surface area contributed by atoms with E-state index in [-0.39, 0.29) is 6.42 Å². The van der Waals surface area contributed by atoms with Crippen LogP contribution < -0.4 is 0 Å². The van der Waals surface area contributed by atoms with Gasteiger partial charge in [-0.1, -0.05) is 6.42 Å². The zero-order valence-corrected chi connectivity index (χ0v) is 8.98. The van der Waals surface area contributed by atoms with Crippen LogP contribution >= 0.6 is 0 Å². The van der Waals surface area contributed by atoms with E-state index in [9.17, 15) is 0 Å². The van der Waals surface area contributed by atoms with Crippen molar-refractivity contribution in [2.75, 3.05) is 0 Å². The number of rotatable bonds is 0. The fourth-order valence-electron chi connectivity index (χ4n) is 1.89. The molecule has 1 rings (SSSR count). The first kappa shape index (κ1) is 14.7. The molecule has 0 nitrogen and oxygen atoms in total. The van der Waals surface area contributed by atoms with Crippen LogP contribution in [0.1, 0.15) is 6.42 Å². The largest absolute Gasteiger partial charge is 0.119 e. The van der Waals surface area contributed by atoms with Gasteiger partial charge in [0.1, 0.15) is 0 Å². The van der Waals surface area contributed by atoms with Gasteiger partial charge in [0.05, 0.1) is 78.5 Å². The summed E-state index contributed by atoms with van der Waals surface area (Å²) in [6, 6.07) is 0. The molecule has 56 valence electrons. The molecule has 0 spiro atoms. The van der Waals surface area contributed by atoms with Crippen LogP contribution in [0.2, 0.25) is 26.1 Å². The Kier molecular flexibility index (Phi) is 3.08. The van der Waals surface area contributed by atoms with Crippen LogP contribution in [0.4, 0.5) is 0 Å². The lowest BCUT2D eigenvalue weighted by Crippen LogP contribution is -2.59. The SMILES string of the molecule is [B]C1([B])CC([B])([B])C([B])([B])C([B])([B])C1([B])[B]. The molecule has 1 aliphatic rings. The summed E-state index contributed by atoms with van der Waals surface area (Å²) >= 11 is 0. The molecule has 0 unspecified atom stereocenters. The smallest absolute Gasteiger partial charge is 0.0607 e. The fourth-order valence-corrected chi connectivity index (χ4v) is 1.89. The molecule has 0 aromatic rings. The van der Waals surface area contributed by atoms with Crippen molar-refractivity contribution in [2.24, 2.45) is 0 Å². The third-order valence-electron chi connectivity index (χ3n) is 3.49. The average Bonchev–Trinajstić information content (AvgIpc) is 1.98. The summed E-state index contributed by atoms with van der Waals surface area (Å²) in [4.78, 5) is 0. The molecule has 0 amide bonds. The predicted octanol–water partition coefficient (Wildman–Crippen LogP) is -2.34. The standard InChI is InChI=1S/C6H2B10/c7-2(8)1-3(9,10)5(13,14)6(15,16)4(2,11)12/h1H2. The molecule has 0 aromatic carbocycles. The molecule has 1 fully saturated rings. The van der Waals surface area contributed by atoms with Gasteiger partial charge >= 0.3 is 0 Å². The Bertz CT molecular complexity index is 274. The van der Waals surface area contributed by atoms with E-state index >= 15 is 0 Å². The van der Waals surface area contributed by atoms with Crippen LogP contribution in [0, 0.1) is 0 Å². The Morgan fingerprint density at radius 2 is 0.688 bits per heavy atom. The summed E-state index contributed by atoms with van der Waals surface area (Å²) in [7, 11) is 57.3. The van der Waals surface area contributed by atoms with E-state index in [1.165, 1.54) is 0 Å². The van der Waals surface area contributed by atoms with E-state index in [1.807, 2.05) is 0 Å². The molecular formula is C6H2B10. The molecule has 0 heterocycles. The van der Waals surface area contributed by atoms with Crippen molar-refractivity contribution < 1.29 is 0 Å². The molecule has 20 radical (unpaired) electrons. The first-order valence-electron chi connectivity index (χ1n) is 4.59. The van der Waals surface area contributed by atoms with E-state index < -0.39 is 26.1 Å². The van der Waals surface area contributed by atoms with E-state index in [4.69, 9.17) is 78.5 Å². The molecule has 0 aliphatic heterocycles. The van der Waals surface area contributed by atoms with Crippen LogP contribution in [-0.4, -0.2) is 78.5 Å². The summed E-state index contributed by atoms with van der Waals surface area (Å²) in [6.07, 6.45) is -0.240. The molecule has 0 bridgehead atoms. The second-order valence-electron chi connectivity index (χ2n) is 4.86. The van der Waals surface area contributed by atoms with Crippen molar-refractivity contribution in [1.29, 1.82) is 0 Å². The van der Waals surface area contributed by atoms with E-state index in [2.05, 4.69) is 0 Å². The van der Waals surface area contributed by atoms with Gasteiger partial charge in [-0.05, 0) is 0 Å². The van der Waals surface area contributed by atoms with Crippen molar-refractivity contribution in [3.63, 3.8) is 0 Å². The Balaban J connectivity index is 3.43. The lowest BCUT2D eigenvalue weighted by Gasteiger charge is -2.74. The van der Waals surface area contributed by atoms with E-state index in [1.54, 1.807) is 0 Å². The summed E-state index contributed by atoms with van der Waals surface area (Å²) in [5, 5.41) is -9.34. The Hall–Kier alpha value is 0.649. The highest BCUT2D eigenvalue weighted by molar-refractivity contribution is 6.69. The molecule has 10 heteroatoms. The minimum Gasteiger partial charge on any atom is -0.119 e. The zero-order chi connectivity index (χ0) is 13.2. The predicted molar refractivity (Wildman–Crippen MR) is 75.6 cm³/mol. The van der Waals surface area contributed by atoms with Gasteiger partial charge in [0.15, 0.2) is 0 Å². The molecule has 16 heavy (non-hydrogen) atoms. The van der Waals surface area contributed by atoms with Crippen molar-refractivity contribution >= 4 is 78.5 Å². The average molecular weight is 182 g/mol. The van der Waals surface area contributed by atoms with Crippen LogP contribution in [0.5, 0.6) is 0 Å². The van der Waals surface area contributed by atoms with Crippen molar-refractivity contribution in [3.8, 4) is 0 Å². The minimum atomic E-state index is -2.05. The monoisotopic (exact) mass is 184 g/mol. The maximum absolute atomic E-state index is 5.74. The maximum Gasteiger partial charge on any atom is 0.0607 e. The topological polar surface area (TPSA) is 0 Å². The minimum absolute atomic E-state index is 0.240. The van der Waals surface area contributed by atoms with Gasteiger partial charge in [-0.2, -0.15) is 0 Å². The lowest BCUT2D eigenvalue weighted by atomic mass is 9.02. The van der Waals surface area contributed by atoms with Gasteiger partial charge in [-0.25, -0.2) is 0 Å². The van der Waals surface area contributed by atoms with Gasteiger partial charge in [-0.15, -0.1) is 26.1 Å². The Morgan fingerprint density at radius 1 is 0.438 bits per heavy atom. The molecule has 0 aromatic heterocycles. The third-order valence-corrected chi connectivity index (χ3v) is 3.49. The zero-order valence-electron chi connectivity index (χ0n) is 8.98. The second kappa shape index (κ2) is 3.35. The van der Waals surface area contributed by atoms with Crippen molar-refractivity contribution in [3.05, 3.63) is 0 Å². The molecule has 0 N–H and O–H groups in total. The second-order valence-corrected chi connectivity index (χ2v) is 4.86. The van der Waals surface area contributed by atoms with Crippen molar-refractivity contribution in [1.82, 2.24) is 0 Å². The van der Waals surface area contributed by atoms with E-state index in [0.29, 0.717) is 0 Å². The van der Waals surface area contributed by atoms with Crippen LogP contribution in [0.3, 0.4) is 0 Å². The third kappa shape index (κ3) is 1.50. The first-order chi connectivity index (χ1) is 6.71. The highest BCUT2D eigenvalue weighted by Crippen LogP contribution is 2.77. The van der Waals surface area contributed by atoms with Crippen LogP contribution in [0.15, 0.2) is 0 Å². The Labute approximate surface area is 111 Å². The van der Waals surface area contributed by atoms with Gasteiger partial charge in [-0.3, -0.25) is 0 Å². The molecule has 0 saturated heterocycles. The van der Waals surface area contributed by atoms with E-state index in [0.717, 1.165) is 0 Å². The van der Waals surface area contributed by atoms with Gasteiger partial charge < -0.3 is 0 Å². The van der Waals surface area contributed by atoms with Gasteiger partial charge in [0, 0.05) is 0 Å². The highest BCUT2D eigenvalue weighted by Gasteiger charge is 2.60.